The Morgan fingerprint density at radius 1 is 1.08 bits per heavy atom. The van der Waals surface area contributed by atoms with Crippen LogP contribution in [-0.4, -0.2) is 60.7 Å². The molecule has 0 radical (unpaired) electrons. The number of aromatic nitrogens is 3. The highest BCUT2D eigenvalue weighted by atomic mass is 32.2. The van der Waals surface area contributed by atoms with Gasteiger partial charge in [-0.05, 0) is 62.4 Å². The van der Waals surface area contributed by atoms with E-state index in [9.17, 15) is 18.0 Å². The van der Waals surface area contributed by atoms with E-state index in [1.807, 2.05) is 25.2 Å². The normalized spacial score (nSPS) is 18.2. The Morgan fingerprint density at radius 2 is 1.78 bits per heavy atom. The molecule has 3 aromatic rings. The number of nitrogens with zero attached hydrogens (tertiary/aromatic N) is 4. The summed E-state index contributed by atoms with van der Waals surface area (Å²) in [4.78, 5) is 35.3. The van der Waals surface area contributed by atoms with Crippen molar-refractivity contribution in [2.24, 2.45) is 5.92 Å². The SMILES string of the molecule is CNS(=O)(=O)CC1CCC(N(C)c2ncnc3c2ccn3C(=O)Cc2ccc(NC(C)=O)cc2)CC1. The second kappa shape index (κ2) is 10.8. The zero-order chi connectivity index (χ0) is 25.9. The van der Waals surface area contributed by atoms with Crippen molar-refractivity contribution in [1.82, 2.24) is 19.3 Å². The summed E-state index contributed by atoms with van der Waals surface area (Å²) < 4.78 is 27.7. The van der Waals surface area contributed by atoms with Crippen LogP contribution in [0.2, 0.25) is 0 Å². The van der Waals surface area contributed by atoms with Crippen molar-refractivity contribution in [3.8, 4) is 0 Å². The van der Waals surface area contributed by atoms with Gasteiger partial charge in [-0.25, -0.2) is 23.1 Å². The first-order chi connectivity index (χ1) is 17.2. The molecule has 2 aromatic heterocycles. The molecule has 10 nitrogen and oxygen atoms in total. The summed E-state index contributed by atoms with van der Waals surface area (Å²) in [7, 11) is 0.239. The molecule has 0 atom stereocenters. The highest BCUT2D eigenvalue weighted by Crippen LogP contribution is 2.32. The Kier molecular flexibility index (Phi) is 7.70. The van der Waals surface area contributed by atoms with Gasteiger partial charge in [0.2, 0.25) is 21.8 Å². The van der Waals surface area contributed by atoms with Gasteiger partial charge in [0.15, 0.2) is 5.65 Å². The molecule has 2 heterocycles. The lowest BCUT2D eigenvalue weighted by atomic mass is 9.86. The van der Waals surface area contributed by atoms with Crippen molar-refractivity contribution >= 4 is 44.4 Å². The summed E-state index contributed by atoms with van der Waals surface area (Å²) in [6.45, 7) is 1.45. The summed E-state index contributed by atoms with van der Waals surface area (Å²) in [5, 5.41) is 3.52. The minimum Gasteiger partial charge on any atom is -0.356 e. The number of hydrogen-bond donors (Lipinski definition) is 2. The molecule has 11 heteroatoms. The summed E-state index contributed by atoms with van der Waals surface area (Å²) in [6.07, 6.45) is 6.82. The molecule has 1 aliphatic rings. The standard InChI is InChI=1S/C25H32N6O4S/c1-17(32)29-20-8-4-18(5-9-20)14-23(33)31-13-12-22-24(27-16-28-25(22)31)30(3)21-10-6-19(7-11-21)15-36(34,35)26-2/h4-5,8-9,12-13,16,19,21,26H,6-7,10-11,14-15H2,1-3H3,(H,29,32). The van der Waals surface area contributed by atoms with Crippen LogP contribution in [0.3, 0.4) is 0 Å². The first-order valence-electron chi connectivity index (χ1n) is 12.0. The topological polar surface area (TPSA) is 126 Å². The van der Waals surface area contributed by atoms with Gasteiger partial charge >= 0.3 is 0 Å². The van der Waals surface area contributed by atoms with Crippen molar-refractivity contribution in [2.45, 2.75) is 45.1 Å². The van der Waals surface area contributed by atoms with Crippen LogP contribution >= 0.6 is 0 Å². The van der Waals surface area contributed by atoms with E-state index in [-0.39, 0.29) is 35.9 Å². The number of hydrogen-bond acceptors (Lipinski definition) is 7. The average Bonchev–Trinajstić information content (AvgIpc) is 3.29. The van der Waals surface area contributed by atoms with Crippen molar-refractivity contribution in [3.05, 3.63) is 48.4 Å². The second-order valence-electron chi connectivity index (χ2n) is 9.34. The summed E-state index contributed by atoms with van der Waals surface area (Å²) >= 11 is 0. The van der Waals surface area contributed by atoms with Crippen molar-refractivity contribution in [2.75, 3.05) is 30.1 Å². The van der Waals surface area contributed by atoms with Gasteiger partial charge in [-0.15, -0.1) is 0 Å². The lowest BCUT2D eigenvalue weighted by molar-refractivity contribution is -0.114. The van der Waals surface area contributed by atoms with Gasteiger partial charge in [0.1, 0.15) is 12.1 Å². The highest BCUT2D eigenvalue weighted by molar-refractivity contribution is 7.89. The first kappa shape index (κ1) is 25.8. The maximum Gasteiger partial charge on any atom is 0.236 e. The molecule has 0 spiro atoms. The van der Waals surface area contributed by atoms with E-state index in [2.05, 4.69) is 24.9 Å². The molecule has 0 aliphatic heterocycles. The number of benzene rings is 1. The Balaban J connectivity index is 1.45. The van der Waals surface area contributed by atoms with Crippen LogP contribution in [0.1, 0.15) is 43.0 Å². The summed E-state index contributed by atoms with van der Waals surface area (Å²) in [6, 6.07) is 9.29. The van der Waals surface area contributed by atoms with Crippen LogP contribution in [0.5, 0.6) is 0 Å². The molecule has 0 saturated heterocycles. The molecule has 0 unspecified atom stereocenters. The zero-order valence-corrected chi connectivity index (χ0v) is 21.6. The van der Waals surface area contributed by atoms with Crippen LogP contribution < -0.4 is 14.9 Å². The number of sulfonamides is 1. The monoisotopic (exact) mass is 512 g/mol. The molecule has 1 aromatic carbocycles. The van der Waals surface area contributed by atoms with Gasteiger partial charge in [0.05, 0.1) is 17.6 Å². The molecular formula is C25H32N6O4S. The highest BCUT2D eigenvalue weighted by Gasteiger charge is 2.28. The molecule has 0 bridgehead atoms. The maximum atomic E-state index is 13.1. The summed E-state index contributed by atoms with van der Waals surface area (Å²) in [5.74, 6) is 0.822. The van der Waals surface area contributed by atoms with Crippen LogP contribution in [0.25, 0.3) is 11.0 Å². The van der Waals surface area contributed by atoms with E-state index in [4.69, 9.17) is 0 Å². The third kappa shape index (κ3) is 5.90. The van der Waals surface area contributed by atoms with Gasteiger partial charge in [-0.3, -0.25) is 14.2 Å². The fraction of sp³-hybridized carbons (Fsp3) is 0.440. The number of anilines is 2. The van der Waals surface area contributed by atoms with E-state index >= 15 is 0 Å². The molecule has 36 heavy (non-hydrogen) atoms. The van der Waals surface area contributed by atoms with Crippen molar-refractivity contribution < 1.29 is 18.0 Å². The quantitative estimate of drug-likeness (QED) is 0.475. The van der Waals surface area contributed by atoms with Gasteiger partial charge in [0.25, 0.3) is 0 Å². The molecule has 2 N–H and O–H groups in total. The van der Waals surface area contributed by atoms with E-state index in [1.165, 1.54) is 20.3 Å². The minimum atomic E-state index is -3.21. The molecular weight excluding hydrogens is 480 g/mol. The zero-order valence-electron chi connectivity index (χ0n) is 20.8. The Hall–Kier alpha value is -3.31. The molecule has 1 saturated carbocycles. The predicted molar refractivity (Wildman–Crippen MR) is 140 cm³/mol. The lowest BCUT2D eigenvalue weighted by Gasteiger charge is -2.35. The Morgan fingerprint density at radius 3 is 2.42 bits per heavy atom. The van der Waals surface area contributed by atoms with Crippen molar-refractivity contribution in [3.63, 3.8) is 0 Å². The first-order valence-corrected chi connectivity index (χ1v) is 13.7. The van der Waals surface area contributed by atoms with Crippen LogP contribution in [0, 0.1) is 5.92 Å². The molecule has 1 aliphatic carbocycles. The lowest BCUT2D eigenvalue weighted by Crippen LogP contribution is -2.38. The smallest absolute Gasteiger partial charge is 0.236 e. The molecule has 1 amide bonds. The van der Waals surface area contributed by atoms with Gasteiger partial charge < -0.3 is 10.2 Å². The number of nitrogens with one attached hydrogen (secondary N) is 2. The molecule has 1 fully saturated rings. The van der Waals surface area contributed by atoms with E-state index in [0.717, 1.165) is 42.5 Å². The van der Waals surface area contributed by atoms with Gasteiger partial charge in [-0.2, -0.15) is 0 Å². The second-order valence-corrected chi connectivity index (χ2v) is 11.3. The van der Waals surface area contributed by atoms with Gasteiger partial charge in [0, 0.05) is 31.9 Å². The number of rotatable bonds is 8. The molecule has 192 valence electrons. The van der Waals surface area contributed by atoms with Crippen LogP contribution in [0.4, 0.5) is 11.5 Å². The summed E-state index contributed by atoms with van der Waals surface area (Å²) in [5.41, 5.74) is 2.07. The number of carbonyl (C=O) groups is 2. The van der Waals surface area contributed by atoms with E-state index in [0.29, 0.717) is 11.3 Å². The van der Waals surface area contributed by atoms with Crippen LogP contribution in [-0.2, 0) is 21.2 Å². The Labute approximate surface area is 211 Å². The number of fused-ring (bicyclic) bond motifs is 1. The molecule has 4 rings (SSSR count). The largest absolute Gasteiger partial charge is 0.356 e. The third-order valence-corrected chi connectivity index (χ3v) is 8.36. The van der Waals surface area contributed by atoms with Crippen LogP contribution in [0.15, 0.2) is 42.9 Å². The fourth-order valence-corrected chi connectivity index (χ4v) is 5.98. The maximum absolute atomic E-state index is 13.1. The predicted octanol–water partition coefficient (Wildman–Crippen LogP) is 2.82. The number of amides is 1. The van der Waals surface area contributed by atoms with E-state index < -0.39 is 10.0 Å². The van der Waals surface area contributed by atoms with E-state index in [1.54, 1.807) is 22.9 Å². The minimum absolute atomic E-state index is 0.115. The third-order valence-electron chi connectivity index (χ3n) is 6.82. The average molecular weight is 513 g/mol. The van der Waals surface area contributed by atoms with Gasteiger partial charge in [-0.1, -0.05) is 12.1 Å². The Bertz CT molecular complexity index is 1340. The number of carbonyl (C=O) groups excluding carboxylic acids is 2. The fourth-order valence-electron chi connectivity index (χ4n) is 4.85. The van der Waals surface area contributed by atoms with Crippen molar-refractivity contribution in [1.29, 1.82) is 0 Å².